The van der Waals surface area contributed by atoms with E-state index in [4.69, 9.17) is 9.47 Å². The molecule has 238 valence electrons. The number of nitrogens with zero attached hydrogens (tertiary/aromatic N) is 4. The van der Waals surface area contributed by atoms with Crippen molar-refractivity contribution in [3.63, 3.8) is 0 Å². The quantitative estimate of drug-likeness (QED) is 0.304. The second kappa shape index (κ2) is 14.7. The lowest BCUT2D eigenvalue weighted by molar-refractivity contribution is -0.155. The van der Waals surface area contributed by atoms with Crippen LogP contribution in [0, 0.1) is 5.92 Å². The minimum Gasteiger partial charge on any atom is -0.458 e. The Balaban J connectivity index is 1.91. The van der Waals surface area contributed by atoms with Crippen molar-refractivity contribution >= 4 is 39.5 Å². The van der Waals surface area contributed by atoms with Crippen LogP contribution < -0.4 is 19.7 Å². The predicted molar refractivity (Wildman–Crippen MR) is 168 cm³/mol. The number of rotatable bonds is 13. The molecule has 3 rings (SSSR count). The highest BCUT2D eigenvalue weighted by Crippen LogP contribution is 2.26. The van der Waals surface area contributed by atoms with Crippen molar-refractivity contribution in [2.75, 3.05) is 46.9 Å². The summed E-state index contributed by atoms with van der Waals surface area (Å²) in [5, 5.41) is 3.15. The molecule has 1 aliphatic rings. The van der Waals surface area contributed by atoms with Gasteiger partial charge < -0.3 is 24.6 Å². The van der Waals surface area contributed by atoms with Crippen LogP contribution in [0.1, 0.15) is 66.9 Å². The van der Waals surface area contributed by atoms with Gasteiger partial charge in [0, 0.05) is 32.6 Å². The van der Waals surface area contributed by atoms with E-state index in [2.05, 4.69) is 20.0 Å². The summed E-state index contributed by atoms with van der Waals surface area (Å²) in [5.74, 6) is 0.244. The summed E-state index contributed by atoms with van der Waals surface area (Å²) >= 11 is 0. The van der Waals surface area contributed by atoms with Gasteiger partial charge in [0.25, 0.3) is 0 Å². The number of anilines is 3. The molecule has 0 spiro atoms. The summed E-state index contributed by atoms with van der Waals surface area (Å²) < 4.78 is 39.5. The number of hydrogen-bond acceptors (Lipinski definition) is 10. The lowest BCUT2D eigenvalue weighted by Gasteiger charge is -2.26. The van der Waals surface area contributed by atoms with Gasteiger partial charge in [-0.3, -0.25) is 4.72 Å². The molecule has 1 fully saturated rings. The van der Waals surface area contributed by atoms with E-state index in [1.54, 1.807) is 49.9 Å². The van der Waals surface area contributed by atoms with E-state index in [0.717, 1.165) is 18.4 Å². The Hall–Kier alpha value is -3.61. The molecule has 0 saturated carbocycles. The fourth-order valence-electron chi connectivity index (χ4n) is 4.59. The van der Waals surface area contributed by atoms with Gasteiger partial charge in [0.15, 0.2) is 5.82 Å². The molecule has 2 heterocycles. The molecule has 43 heavy (non-hydrogen) atoms. The van der Waals surface area contributed by atoms with Crippen LogP contribution in [0.3, 0.4) is 0 Å². The molecule has 0 radical (unpaired) electrons. The van der Waals surface area contributed by atoms with Crippen molar-refractivity contribution in [1.29, 1.82) is 0 Å². The summed E-state index contributed by atoms with van der Waals surface area (Å²) in [6, 6.07) is 6.00. The highest BCUT2D eigenvalue weighted by atomic mass is 32.2. The molecule has 1 atom stereocenters. The summed E-state index contributed by atoms with van der Waals surface area (Å²) in [6.45, 7) is 15.6. The Morgan fingerprint density at radius 2 is 1.70 bits per heavy atom. The van der Waals surface area contributed by atoms with E-state index in [0.29, 0.717) is 37.9 Å². The topological polar surface area (TPSA) is 143 Å². The first kappa shape index (κ1) is 33.9. The molecule has 1 aliphatic heterocycles. The van der Waals surface area contributed by atoms with E-state index < -0.39 is 27.6 Å². The largest absolute Gasteiger partial charge is 0.458 e. The van der Waals surface area contributed by atoms with Crippen LogP contribution in [-0.2, 0) is 26.0 Å². The second-order valence-electron chi connectivity index (χ2n) is 12.0. The van der Waals surface area contributed by atoms with Crippen molar-refractivity contribution in [2.24, 2.45) is 5.92 Å². The molecular formula is C30H46N6O6S. The number of nitrogens with one attached hydrogen (secondary N) is 2. The minimum atomic E-state index is -3.71. The summed E-state index contributed by atoms with van der Waals surface area (Å²) in [7, 11) is -3.71. The van der Waals surface area contributed by atoms with Gasteiger partial charge in [0.1, 0.15) is 23.1 Å². The molecule has 12 nitrogen and oxygen atoms in total. The van der Waals surface area contributed by atoms with Gasteiger partial charge in [-0.1, -0.05) is 26.0 Å². The maximum atomic E-state index is 13.4. The number of benzene rings is 1. The van der Waals surface area contributed by atoms with Crippen molar-refractivity contribution in [3.8, 4) is 5.75 Å². The molecule has 0 unspecified atom stereocenters. The molecule has 1 aromatic heterocycles. The number of hydrogen-bond donors (Lipinski definition) is 2. The van der Waals surface area contributed by atoms with Gasteiger partial charge in [-0.05, 0) is 71.1 Å². The average Bonchev–Trinajstić information content (AvgIpc) is 3.45. The zero-order chi connectivity index (χ0) is 31.8. The summed E-state index contributed by atoms with van der Waals surface area (Å²) in [6.07, 6.45) is 3.17. The van der Waals surface area contributed by atoms with Crippen LogP contribution in [0.2, 0.25) is 0 Å². The van der Waals surface area contributed by atoms with Crippen molar-refractivity contribution in [2.45, 2.75) is 79.4 Å². The lowest BCUT2D eigenvalue weighted by atomic mass is 10.1. The third-order valence-electron chi connectivity index (χ3n) is 6.58. The van der Waals surface area contributed by atoms with Crippen molar-refractivity contribution in [1.82, 2.24) is 14.9 Å². The zero-order valence-electron chi connectivity index (χ0n) is 26.3. The van der Waals surface area contributed by atoms with Crippen LogP contribution >= 0.6 is 0 Å². The normalized spacial score (nSPS) is 14.4. The van der Waals surface area contributed by atoms with Gasteiger partial charge >= 0.3 is 12.1 Å². The Kier molecular flexibility index (Phi) is 11.6. The van der Waals surface area contributed by atoms with Crippen molar-refractivity contribution in [3.05, 3.63) is 36.0 Å². The Morgan fingerprint density at radius 1 is 1.07 bits per heavy atom. The lowest BCUT2D eigenvalue weighted by Crippen LogP contribution is -2.38. The van der Waals surface area contributed by atoms with Gasteiger partial charge in [-0.15, -0.1) is 0 Å². The van der Waals surface area contributed by atoms with Crippen LogP contribution in [0.15, 0.2) is 30.5 Å². The van der Waals surface area contributed by atoms with E-state index in [-0.39, 0.29) is 35.7 Å². The van der Waals surface area contributed by atoms with E-state index in [1.807, 2.05) is 32.6 Å². The number of carbonyl (C=O) groups is 2. The molecule has 0 bridgehead atoms. The van der Waals surface area contributed by atoms with Crippen LogP contribution in [0.4, 0.5) is 22.2 Å². The number of amides is 1. The SMILES string of the molecule is CCN(CC)c1ncc(NS(=O)(=O)CC(C)C)c(N[C@@H](Cc2ccc(OC(=O)N3CCCC3)cc2)C(=O)OC(C)(C)C)n1. The molecule has 1 amide bonds. The first-order valence-electron chi connectivity index (χ1n) is 14.9. The maximum absolute atomic E-state index is 13.4. The second-order valence-corrected chi connectivity index (χ2v) is 13.8. The predicted octanol–water partition coefficient (Wildman–Crippen LogP) is 4.68. The Morgan fingerprint density at radius 3 is 2.26 bits per heavy atom. The van der Waals surface area contributed by atoms with Gasteiger partial charge in [0.05, 0.1) is 11.9 Å². The number of carbonyl (C=O) groups excluding carboxylic acids is 2. The van der Waals surface area contributed by atoms with Gasteiger partial charge in [-0.2, -0.15) is 4.98 Å². The standard InChI is InChI=1S/C30H46N6O6S/c1-8-35(9-2)28-31-19-25(34-43(39,40)20-21(3)4)26(33-28)32-24(27(37)42-30(5,6)7)18-22-12-14-23(15-13-22)41-29(38)36-16-10-11-17-36/h12-15,19,21,24,34H,8-11,16-18,20H2,1-7H3,(H,31,32,33)/t24-/m0/s1. The third-order valence-corrected chi connectivity index (χ3v) is 8.21. The number of aromatic nitrogens is 2. The molecule has 1 saturated heterocycles. The number of esters is 1. The van der Waals surface area contributed by atoms with Crippen LogP contribution in [-0.4, -0.2) is 78.9 Å². The number of ether oxygens (including phenoxy) is 2. The smallest absolute Gasteiger partial charge is 0.415 e. The minimum absolute atomic E-state index is 0.0889. The molecule has 2 N–H and O–H groups in total. The molecule has 13 heteroatoms. The zero-order valence-corrected chi connectivity index (χ0v) is 27.2. The van der Waals surface area contributed by atoms with E-state index >= 15 is 0 Å². The van der Waals surface area contributed by atoms with Crippen LogP contribution in [0.5, 0.6) is 5.75 Å². The Labute approximate surface area is 255 Å². The van der Waals surface area contributed by atoms with E-state index in [1.165, 1.54) is 6.20 Å². The van der Waals surface area contributed by atoms with Crippen LogP contribution in [0.25, 0.3) is 0 Å². The maximum Gasteiger partial charge on any atom is 0.415 e. The fourth-order valence-corrected chi connectivity index (χ4v) is 6.04. The molecular weight excluding hydrogens is 572 g/mol. The molecule has 1 aromatic carbocycles. The molecule has 2 aromatic rings. The number of sulfonamides is 1. The molecule has 0 aliphatic carbocycles. The van der Waals surface area contributed by atoms with Gasteiger partial charge in [0.2, 0.25) is 16.0 Å². The summed E-state index contributed by atoms with van der Waals surface area (Å²) in [5.41, 5.74) is 0.142. The van der Waals surface area contributed by atoms with E-state index in [9.17, 15) is 18.0 Å². The monoisotopic (exact) mass is 618 g/mol. The highest BCUT2D eigenvalue weighted by Gasteiger charge is 2.28. The highest BCUT2D eigenvalue weighted by molar-refractivity contribution is 7.92. The first-order chi connectivity index (χ1) is 20.2. The number of likely N-dealkylation sites (tertiary alicyclic amines) is 1. The third kappa shape index (κ3) is 10.6. The summed E-state index contributed by atoms with van der Waals surface area (Å²) in [4.78, 5) is 38.4. The fraction of sp³-hybridized carbons (Fsp3) is 0.600. The average molecular weight is 619 g/mol. The first-order valence-corrected chi connectivity index (χ1v) is 16.5. The van der Waals surface area contributed by atoms with Gasteiger partial charge in [-0.25, -0.2) is 23.0 Å². The van der Waals surface area contributed by atoms with Crippen molar-refractivity contribution < 1.29 is 27.5 Å². The Bertz CT molecular complexity index is 1330.